The highest BCUT2D eigenvalue weighted by atomic mass is 19.4. The van der Waals surface area contributed by atoms with Gasteiger partial charge in [0.2, 0.25) is 0 Å². The molecule has 6 heteroatoms. The Morgan fingerprint density at radius 3 is 2.70 bits per heavy atom. The van der Waals surface area contributed by atoms with E-state index in [1.165, 1.54) is 11.0 Å². The summed E-state index contributed by atoms with van der Waals surface area (Å²) in [4.78, 5) is 12.3. The minimum Gasteiger partial charge on any atom is -0.465 e. The first-order valence-corrected chi connectivity index (χ1v) is 6.43. The van der Waals surface area contributed by atoms with Crippen LogP contribution in [0.3, 0.4) is 0 Å². The summed E-state index contributed by atoms with van der Waals surface area (Å²) in [5, 5.41) is 9.00. The molecule has 0 radical (unpaired) electrons. The number of amides is 1. The average molecular weight is 287 g/mol. The third kappa shape index (κ3) is 3.23. The lowest BCUT2D eigenvalue weighted by molar-refractivity contribution is -0.137. The first-order valence-electron chi connectivity index (χ1n) is 6.43. The van der Waals surface area contributed by atoms with Crippen molar-refractivity contribution in [3.63, 3.8) is 0 Å². The monoisotopic (exact) mass is 287 g/mol. The summed E-state index contributed by atoms with van der Waals surface area (Å²) in [5.74, 6) is 0.0737. The molecule has 1 N–H and O–H groups in total. The van der Waals surface area contributed by atoms with Crippen LogP contribution in [0.5, 0.6) is 0 Å². The van der Waals surface area contributed by atoms with Crippen molar-refractivity contribution in [2.24, 2.45) is 5.92 Å². The van der Waals surface area contributed by atoms with Gasteiger partial charge >= 0.3 is 12.3 Å². The molecule has 20 heavy (non-hydrogen) atoms. The largest absolute Gasteiger partial charge is 0.465 e. The predicted molar refractivity (Wildman–Crippen MR) is 67.4 cm³/mol. The van der Waals surface area contributed by atoms with Gasteiger partial charge in [-0.3, -0.25) is 0 Å². The van der Waals surface area contributed by atoms with E-state index in [2.05, 4.69) is 0 Å². The van der Waals surface area contributed by atoms with Crippen molar-refractivity contribution in [2.75, 3.05) is 6.54 Å². The van der Waals surface area contributed by atoms with Crippen LogP contribution in [-0.4, -0.2) is 28.7 Å². The van der Waals surface area contributed by atoms with Gasteiger partial charge < -0.3 is 10.0 Å². The Labute approximate surface area is 115 Å². The lowest BCUT2D eigenvalue weighted by Gasteiger charge is -2.16. The number of hydrogen-bond donors (Lipinski definition) is 1. The fraction of sp³-hybridized carbons (Fsp3) is 0.500. The van der Waals surface area contributed by atoms with Gasteiger partial charge in [-0.1, -0.05) is 18.2 Å². The molecule has 0 unspecified atom stereocenters. The molecule has 1 aliphatic rings. The third-order valence-corrected chi connectivity index (χ3v) is 3.69. The zero-order valence-electron chi connectivity index (χ0n) is 11.0. The van der Waals surface area contributed by atoms with E-state index in [4.69, 9.17) is 5.11 Å². The topological polar surface area (TPSA) is 40.5 Å². The van der Waals surface area contributed by atoms with Gasteiger partial charge in [0.25, 0.3) is 0 Å². The molecule has 1 aliphatic heterocycles. The second-order valence-electron chi connectivity index (χ2n) is 5.29. The molecule has 1 fully saturated rings. The van der Waals surface area contributed by atoms with E-state index in [0.717, 1.165) is 12.1 Å². The SMILES string of the molecule is C[C@@H]1C[C@H](Cc2cccc(C(F)(F)F)c2)CN1C(=O)O. The van der Waals surface area contributed by atoms with Gasteiger partial charge in [0.05, 0.1) is 5.56 Å². The van der Waals surface area contributed by atoms with Gasteiger partial charge in [0.1, 0.15) is 0 Å². The standard InChI is InChI=1S/C14H16F3NO2/c1-9-5-11(8-18(9)13(19)20)6-10-3-2-4-12(7-10)14(15,16)17/h2-4,7,9,11H,5-6,8H2,1H3,(H,19,20)/t9-,11-/m1/s1. The van der Waals surface area contributed by atoms with E-state index in [9.17, 15) is 18.0 Å². The van der Waals surface area contributed by atoms with Gasteiger partial charge in [0.15, 0.2) is 0 Å². The van der Waals surface area contributed by atoms with E-state index in [1.54, 1.807) is 6.07 Å². The maximum Gasteiger partial charge on any atom is 0.416 e. The number of nitrogens with zero attached hydrogens (tertiary/aromatic N) is 1. The maximum atomic E-state index is 12.6. The summed E-state index contributed by atoms with van der Waals surface area (Å²) in [5.41, 5.74) is -0.0552. The molecule has 2 atom stereocenters. The van der Waals surface area contributed by atoms with Crippen LogP contribution in [0.15, 0.2) is 24.3 Å². The molecule has 0 aliphatic carbocycles. The summed E-state index contributed by atoms with van der Waals surface area (Å²) < 4.78 is 37.9. The van der Waals surface area contributed by atoms with Crippen molar-refractivity contribution in [3.05, 3.63) is 35.4 Å². The summed E-state index contributed by atoms with van der Waals surface area (Å²) in [6.07, 6.45) is -4.16. The van der Waals surface area contributed by atoms with Crippen LogP contribution >= 0.6 is 0 Å². The van der Waals surface area contributed by atoms with Crippen molar-refractivity contribution in [1.82, 2.24) is 4.90 Å². The molecule has 2 rings (SSSR count). The Hall–Kier alpha value is -1.72. The lowest BCUT2D eigenvalue weighted by Crippen LogP contribution is -2.32. The van der Waals surface area contributed by atoms with E-state index < -0.39 is 17.8 Å². The van der Waals surface area contributed by atoms with Crippen molar-refractivity contribution >= 4 is 6.09 Å². The Bertz CT molecular complexity index is 501. The van der Waals surface area contributed by atoms with Crippen molar-refractivity contribution in [3.8, 4) is 0 Å². The highest BCUT2D eigenvalue weighted by molar-refractivity contribution is 5.65. The van der Waals surface area contributed by atoms with E-state index >= 15 is 0 Å². The summed E-state index contributed by atoms with van der Waals surface area (Å²) in [6, 6.07) is 5.16. The molecule has 1 aromatic rings. The Kier molecular flexibility index (Phi) is 3.92. The molecule has 0 bridgehead atoms. The average Bonchev–Trinajstić information content (AvgIpc) is 2.69. The van der Waals surface area contributed by atoms with Crippen molar-refractivity contribution in [1.29, 1.82) is 0 Å². The molecule has 0 saturated carbocycles. The van der Waals surface area contributed by atoms with Gasteiger partial charge in [-0.15, -0.1) is 0 Å². The van der Waals surface area contributed by atoms with Gasteiger partial charge in [-0.25, -0.2) is 4.79 Å². The molecule has 3 nitrogen and oxygen atoms in total. The molecule has 1 heterocycles. The minimum atomic E-state index is -4.34. The van der Waals surface area contributed by atoms with E-state index in [1.807, 2.05) is 6.92 Å². The molecule has 0 spiro atoms. The summed E-state index contributed by atoms with van der Waals surface area (Å²) in [6.45, 7) is 2.20. The van der Waals surface area contributed by atoms with Crippen LogP contribution in [0.1, 0.15) is 24.5 Å². The first-order chi connectivity index (χ1) is 9.27. The zero-order valence-corrected chi connectivity index (χ0v) is 11.0. The number of likely N-dealkylation sites (tertiary alicyclic amines) is 1. The van der Waals surface area contributed by atoms with Crippen LogP contribution < -0.4 is 0 Å². The molecular weight excluding hydrogens is 271 g/mol. The second-order valence-corrected chi connectivity index (χ2v) is 5.29. The normalized spacial score (nSPS) is 23.1. The molecule has 1 aromatic carbocycles. The highest BCUT2D eigenvalue weighted by Crippen LogP contribution is 2.31. The van der Waals surface area contributed by atoms with Crippen LogP contribution in [0, 0.1) is 5.92 Å². The second kappa shape index (κ2) is 5.34. The van der Waals surface area contributed by atoms with Gasteiger partial charge in [0, 0.05) is 12.6 Å². The van der Waals surface area contributed by atoms with E-state index in [0.29, 0.717) is 24.9 Å². The number of alkyl halides is 3. The Morgan fingerprint density at radius 2 is 2.15 bits per heavy atom. The smallest absolute Gasteiger partial charge is 0.416 e. The van der Waals surface area contributed by atoms with Crippen LogP contribution in [0.2, 0.25) is 0 Å². The summed E-state index contributed by atoms with van der Waals surface area (Å²) in [7, 11) is 0. The number of benzene rings is 1. The number of carboxylic acid groups (broad SMARTS) is 1. The number of halogens is 3. The fourth-order valence-corrected chi connectivity index (χ4v) is 2.76. The maximum absolute atomic E-state index is 12.6. The minimum absolute atomic E-state index is 0.0737. The quantitative estimate of drug-likeness (QED) is 0.902. The molecule has 110 valence electrons. The van der Waals surface area contributed by atoms with Crippen LogP contribution in [-0.2, 0) is 12.6 Å². The molecule has 1 saturated heterocycles. The first kappa shape index (κ1) is 14.7. The van der Waals surface area contributed by atoms with Gasteiger partial charge in [-0.2, -0.15) is 13.2 Å². The number of rotatable bonds is 2. The van der Waals surface area contributed by atoms with Crippen molar-refractivity contribution < 1.29 is 23.1 Å². The van der Waals surface area contributed by atoms with Gasteiger partial charge in [-0.05, 0) is 37.3 Å². The van der Waals surface area contributed by atoms with E-state index in [-0.39, 0.29) is 12.0 Å². The Morgan fingerprint density at radius 1 is 1.45 bits per heavy atom. The molecule has 0 aromatic heterocycles. The molecule has 1 amide bonds. The zero-order chi connectivity index (χ0) is 14.9. The third-order valence-electron chi connectivity index (χ3n) is 3.69. The van der Waals surface area contributed by atoms with Crippen LogP contribution in [0.25, 0.3) is 0 Å². The highest BCUT2D eigenvalue weighted by Gasteiger charge is 2.33. The Balaban J connectivity index is 2.06. The lowest BCUT2D eigenvalue weighted by atomic mass is 9.96. The predicted octanol–water partition coefficient (Wildman–Crippen LogP) is 3.64. The summed E-state index contributed by atoms with van der Waals surface area (Å²) >= 11 is 0. The van der Waals surface area contributed by atoms with Crippen LogP contribution in [0.4, 0.5) is 18.0 Å². The van der Waals surface area contributed by atoms with Crippen molar-refractivity contribution in [2.45, 2.75) is 32.0 Å². The number of hydrogen-bond acceptors (Lipinski definition) is 1. The molecular formula is C14H16F3NO2. The number of carbonyl (C=O) groups is 1. The fourth-order valence-electron chi connectivity index (χ4n) is 2.76.